The zero-order valence-corrected chi connectivity index (χ0v) is 11.6. The van der Waals surface area contributed by atoms with Crippen LogP contribution >= 0.6 is 0 Å². The standard InChI is InChI=1S/C16H17FN2O2/c17-11-2-4-15-13(5-11)14(6-18-15)16(20)19-7-10-1-3-12(19)9-21-8-10/h2,4-6,10,12,18H,1,3,7-9H2. The number of nitrogens with one attached hydrogen (secondary N) is 1. The molecule has 2 unspecified atom stereocenters. The normalized spacial score (nSPS) is 25.3. The molecule has 5 heteroatoms. The van der Waals surface area contributed by atoms with Crippen LogP contribution in [0, 0.1) is 11.7 Å². The smallest absolute Gasteiger partial charge is 0.256 e. The first kappa shape index (κ1) is 12.8. The topological polar surface area (TPSA) is 45.3 Å². The highest BCUT2D eigenvalue weighted by Gasteiger charge is 2.35. The summed E-state index contributed by atoms with van der Waals surface area (Å²) in [7, 11) is 0. The summed E-state index contributed by atoms with van der Waals surface area (Å²) in [4.78, 5) is 17.8. The van der Waals surface area contributed by atoms with Crippen LogP contribution in [0.15, 0.2) is 24.4 Å². The van der Waals surface area contributed by atoms with E-state index in [4.69, 9.17) is 4.74 Å². The second-order valence-corrected chi connectivity index (χ2v) is 5.98. The maximum Gasteiger partial charge on any atom is 0.256 e. The van der Waals surface area contributed by atoms with Gasteiger partial charge in [-0.25, -0.2) is 4.39 Å². The van der Waals surface area contributed by atoms with E-state index in [1.165, 1.54) is 12.1 Å². The van der Waals surface area contributed by atoms with Crippen molar-refractivity contribution in [1.82, 2.24) is 9.88 Å². The van der Waals surface area contributed by atoms with E-state index in [1.807, 2.05) is 4.90 Å². The minimum absolute atomic E-state index is 0.0212. The van der Waals surface area contributed by atoms with Crippen LogP contribution in [0.4, 0.5) is 4.39 Å². The summed E-state index contributed by atoms with van der Waals surface area (Å²) in [5.74, 6) is 0.0820. The van der Waals surface area contributed by atoms with Crippen molar-refractivity contribution in [3.8, 4) is 0 Å². The first-order valence-corrected chi connectivity index (χ1v) is 7.38. The van der Waals surface area contributed by atoms with Crippen molar-refractivity contribution >= 4 is 16.8 Å². The largest absolute Gasteiger partial charge is 0.379 e. The SMILES string of the molecule is O=C(c1c[nH]c2ccc(F)cc12)N1CC2CCC1COC2. The molecule has 110 valence electrons. The van der Waals surface area contributed by atoms with E-state index in [2.05, 4.69) is 4.98 Å². The number of fused-ring (bicyclic) bond motifs is 5. The maximum absolute atomic E-state index is 13.5. The maximum atomic E-state index is 13.5. The van der Waals surface area contributed by atoms with Gasteiger partial charge in [0.25, 0.3) is 5.91 Å². The summed E-state index contributed by atoms with van der Waals surface area (Å²) in [6, 6.07) is 4.63. The van der Waals surface area contributed by atoms with E-state index in [9.17, 15) is 9.18 Å². The summed E-state index contributed by atoms with van der Waals surface area (Å²) in [6.45, 7) is 2.09. The van der Waals surface area contributed by atoms with E-state index in [0.717, 1.165) is 31.5 Å². The first-order chi connectivity index (χ1) is 10.2. The number of hydrogen-bond acceptors (Lipinski definition) is 2. The van der Waals surface area contributed by atoms with Gasteiger partial charge in [0, 0.05) is 23.6 Å². The van der Waals surface area contributed by atoms with Crippen molar-refractivity contribution in [3.05, 3.63) is 35.8 Å². The fourth-order valence-corrected chi connectivity index (χ4v) is 3.46. The molecule has 0 radical (unpaired) electrons. The molecule has 2 atom stereocenters. The van der Waals surface area contributed by atoms with Gasteiger partial charge in [0.2, 0.25) is 0 Å². The second kappa shape index (κ2) is 4.84. The number of halogens is 1. The number of carbonyl (C=O) groups is 1. The predicted molar refractivity (Wildman–Crippen MR) is 76.6 cm³/mol. The summed E-state index contributed by atoms with van der Waals surface area (Å²) >= 11 is 0. The molecule has 0 spiro atoms. The second-order valence-electron chi connectivity index (χ2n) is 5.98. The Hall–Kier alpha value is -1.88. The molecule has 3 fully saturated rings. The van der Waals surface area contributed by atoms with Crippen molar-refractivity contribution < 1.29 is 13.9 Å². The highest BCUT2D eigenvalue weighted by atomic mass is 19.1. The first-order valence-electron chi connectivity index (χ1n) is 7.38. The van der Waals surface area contributed by atoms with Crippen LogP contribution in [0.1, 0.15) is 23.2 Å². The van der Waals surface area contributed by atoms with Crippen LogP contribution in [-0.4, -0.2) is 41.6 Å². The van der Waals surface area contributed by atoms with E-state index in [1.54, 1.807) is 12.3 Å². The molecule has 0 saturated carbocycles. The predicted octanol–water partition coefficient (Wildman–Crippen LogP) is 2.56. The van der Waals surface area contributed by atoms with Crippen LogP contribution in [0.3, 0.4) is 0 Å². The van der Waals surface area contributed by atoms with E-state index in [-0.39, 0.29) is 17.8 Å². The molecule has 1 N–H and O–H groups in total. The monoisotopic (exact) mass is 288 g/mol. The zero-order valence-electron chi connectivity index (χ0n) is 11.6. The zero-order chi connectivity index (χ0) is 14.4. The van der Waals surface area contributed by atoms with Crippen LogP contribution in [0.2, 0.25) is 0 Å². The fraction of sp³-hybridized carbons (Fsp3) is 0.438. The van der Waals surface area contributed by atoms with Gasteiger partial charge in [-0.2, -0.15) is 0 Å². The van der Waals surface area contributed by atoms with Gasteiger partial charge in [-0.3, -0.25) is 4.79 Å². The highest BCUT2D eigenvalue weighted by molar-refractivity contribution is 6.06. The Bertz CT molecular complexity index is 693. The molecule has 4 nitrogen and oxygen atoms in total. The van der Waals surface area contributed by atoms with E-state index in [0.29, 0.717) is 23.5 Å². The molecule has 2 bridgehead atoms. The lowest BCUT2D eigenvalue weighted by molar-refractivity contribution is 0.0562. The number of nitrogens with zero attached hydrogens (tertiary/aromatic N) is 1. The molecule has 1 aromatic heterocycles. The van der Waals surface area contributed by atoms with Crippen molar-refractivity contribution in [2.45, 2.75) is 18.9 Å². The number of aromatic amines is 1. The van der Waals surface area contributed by atoms with Crippen molar-refractivity contribution in [2.75, 3.05) is 19.8 Å². The van der Waals surface area contributed by atoms with Gasteiger partial charge < -0.3 is 14.6 Å². The Labute approximate surface area is 121 Å². The average molecular weight is 288 g/mol. The lowest BCUT2D eigenvalue weighted by Gasteiger charge is -2.35. The molecule has 4 heterocycles. The highest BCUT2D eigenvalue weighted by Crippen LogP contribution is 2.29. The molecule has 3 aliphatic rings. The summed E-state index contributed by atoms with van der Waals surface area (Å²) in [5.41, 5.74) is 1.34. The molecular formula is C16H17FN2O2. The van der Waals surface area contributed by atoms with Gasteiger partial charge >= 0.3 is 0 Å². The fourth-order valence-electron chi connectivity index (χ4n) is 3.46. The van der Waals surface area contributed by atoms with Crippen molar-refractivity contribution in [1.29, 1.82) is 0 Å². The molecule has 3 saturated heterocycles. The van der Waals surface area contributed by atoms with E-state index < -0.39 is 0 Å². The Morgan fingerprint density at radius 1 is 1.33 bits per heavy atom. The molecular weight excluding hydrogens is 271 g/mol. The van der Waals surface area contributed by atoms with Gasteiger partial charge in [0.05, 0.1) is 24.8 Å². The number of hydrogen-bond donors (Lipinski definition) is 1. The van der Waals surface area contributed by atoms with Crippen LogP contribution < -0.4 is 0 Å². The molecule has 5 rings (SSSR count). The Morgan fingerprint density at radius 3 is 3.14 bits per heavy atom. The number of piperidine rings is 1. The number of amides is 1. The third-order valence-electron chi connectivity index (χ3n) is 4.60. The van der Waals surface area contributed by atoms with Gasteiger partial charge in [-0.15, -0.1) is 0 Å². The number of aromatic nitrogens is 1. The van der Waals surface area contributed by atoms with Gasteiger partial charge in [0.1, 0.15) is 5.82 Å². The Morgan fingerprint density at radius 2 is 2.24 bits per heavy atom. The average Bonchev–Trinajstić information content (AvgIpc) is 2.66. The quantitative estimate of drug-likeness (QED) is 0.876. The van der Waals surface area contributed by atoms with Crippen LogP contribution in [-0.2, 0) is 4.74 Å². The Kier molecular flexibility index (Phi) is 2.96. The Balaban J connectivity index is 1.71. The number of H-pyrrole nitrogens is 1. The van der Waals surface area contributed by atoms with Gasteiger partial charge in [-0.05, 0) is 37.0 Å². The molecule has 21 heavy (non-hydrogen) atoms. The lowest BCUT2D eigenvalue weighted by Crippen LogP contribution is -2.46. The number of benzene rings is 1. The van der Waals surface area contributed by atoms with Gasteiger partial charge in [-0.1, -0.05) is 0 Å². The molecule has 0 aliphatic carbocycles. The summed E-state index contributed by atoms with van der Waals surface area (Å²) < 4.78 is 19.1. The number of carbonyl (C=O) groups excluding carboxylic acids is 1. The van der Waals surface area contributed by atoms with E-state index >= 15 is 0 Å². The molecule has 1 aromatic carbocycles. The summed E-state index contributed by atoms with van der Waals surface area (Å²) in [6.07, 6.45) is 3.80. The lowest BCUT2D eigenvalue weighted by atomic mass is 9.94. The van der Waals surface area contributed by atoms with Crippen molar-refractivity contribution in [2.24, 2.45) is 5.92 Å². The minimum atomic E-state index is -0.322. The number of rotatable bonds is 1. The molecule has 2 aromatic rings. The molecule has 1 amide bonds. The van der Waals surface area contributed by atoms with Crippen molar-refractivity contribution in [3.63, 3.8) is 0 Å². The van der Waals surface area contributed by atoms with Gasteiger partial charge in [0.15, 0.2) is 0 Å². The third kappa shape index (κ3) is 2.12. The summed E-state index contributed by atoms with van der Waals surface area (Å²) in [5, 5.41) is 0.654. The third-order valence-corrected chi connectivity index (χ3v) is 4.60. The minimum Gasteiger partial charge on any atom is -0.379 e. The number of ether oxygens (including phenoxy) is 1. The van der Waals surface area contributed by atoms with Crippen LogP contribution in [0.25, 0.3) is 10.9 Å². The molecule has 3 aliphatic heterocycles. The van der Waals surface area contributed by atoms with Crippen LogP contribution in [0.5, 0.6) is 0 Å².